The van der Waals surface area contributed by atoms with Crippen LogP contribution in [0.15, 0.2) is 72.8 Å². The third-order valence-corrected chi connectivity index (χ3v) is 6.40. The van der Waals surface area contributed by atoms with Crippen LogP contribution in [0.25, 0.3) is 0 Å². The Kier molecular flexibility index (Phi) is 9.69. The Labute approximate surface area is 215 Å². The summed E-state index contributed by atoms with van der Waals surface area (Å²) >= 11 is 0. The van der Waals surface area contributed by atoms with Crippen molar-refractivity contribution in [3.63, 3.8) is 0 Å². The number of methoxy groups -OCH3 is 1. The number of carbonyl (C=O) groups is 2. The highest BCUT2D eigenvalue weighted by Crippen LogP contribution is 2.20. The number of nitrogens with one attached hydrogen (secondary N) is 1. The highest BCUT2D eigenvalue weighted by Gasteiger charge is 2.31. The average molecular weight is 487 g/mol. The highest BCUT2D eigenvalue weighted by molar-refractivity contribution is 5.89. The predicted molar refractivity (Wildman–Crippen MR) is 145 cm³/mol. The van der Waals surface area contributed by atoms with Crippen molar-refractivity contribution in [1.29, 1.82) is 0 Å². The Morgan fingerprint density at radius 1 is 0.889 bits per heavy atom. The summed E-state index contributed by atoms with van der Waals surface area (Å²) in [6, 6.07) is 23.1. The first kappa shape index (κ1) is 27.0. The van der Waals surface area contributed by atoms with Crippen LogP contribution < -0.4 is 10.1 Å². The second-order valence-corrected chi connectivity index (χ2v) is 9.57. The van der Waals surface area contributed by atoms with Gasteiger partial charge in [0.15, 0.2) is 0 Å². The number of ether oxygens (including phenoxy) is 1. The van der Waals surface area contributed by atoms with Crippen LogP contribution in [-0.2, 0) is 29.0 Å². The largest absolute Gasteiger partial charge is 0.497 e. The average Bonchev–Trinajstić information content (AvgIpc) is 2.86. The van der Waals surface area contributed by atoms with Crippen molar-refractivity contribution in [2.24, 2.45) is 0 Å². The van der Waals surface area contributed by atoms with Gasteiger partial charge in [-0.3, -0.25) is 9.59 Å². The molecule has 0 aliphatic heterocycles. The molecular formula is C31H38N2O3. The molecule has 190 valence electrons. The fraction of sp³-hybridized carbons (Fsp3) is 0.355. The lowest BCUT2D eigenvalue weighted by atomic mass is 10.00. The number of rotatable bonds is 11. The van der Waals surface area contributed by atoms with Gasteiger partial charge in [0.1, 0.15) is 11.8 Å². The molecule has 5 heteroatoms. The maximum absolute atomic E-state index is 13.9. The van der Waals surface area contributed by atoms with E-state index in [1.807, 2.05) is 94.4 Å². The summed E-state index contributed by atoms with van der Waals surface area (Å²) in [5, 5.41) is 3.12. The second-order valence-electron chi connectivity index (χ2n) is 9.57. The van der Waals surface area contributed by atoms with Crippen LogP contribution in [0.2, 0.25) is 0 Å². The van der Waals surface area contributed by atoms with Gasteiger partial charge in [-0.05, 0) is 56.0 Å². The summed E-state index contributed by atoms with van der Waals surface area (Å²) in [5.41, 5.74) is 5.11. The van der Waals surface area contributed by atoms with E-state index < -0.39 is 6.04 Å². The second kappa shape index (κ2) is 12.9. The van der Waals surface area contributed by atoms with Gasteiger partial charge in [-0.15, -0.1) is 0 Å². The summed E-state index contributed by atoms with van der Waals surface area (Å²) in [5.74, 6) is 0.505. The molecule has 36 heavy (non-hydrogen) atoms. The molecule has 0 fully saturated rings. The molecule has 0 heterocycles. The van der Waals surface area contributed by atoms with Gasteiger partial charge in [-0.2, -0.15) is 0 Å². The Morgan fingerprint density at radius 3 is 2.19 bits per heavy atom. The monoisotopic (exact) mass is 486 g/mol. The van der Waals surface area contributed by atoms with Crippen molar-refractivity contribution in [3.05, 3.63) is 101 Å². The van der Waals surface area contributed by atoms with E-state index in [0.29, 0.717) is 13.0 Å². The molecule has 0 radical (unpaired) electrons. The van der Waals surface area contributed by atoms with Gasteiger partial charge >= 0.3 is 0 Å². The van der Waals surface area contributed by atoms with E-state index in [0.717, 1.165) is 40.0 Å². The molecule has 0 aliphatic rings. The van der Waals surface area contributed by atoms with Crippen LogP contribution in [0.4, 0.5) is 0 Å². The molecular weight excluding hydrogens is 448 g/mol. The summed E-state index contributed by atoms with van der Waals surface area (Å²) < 4.78 is 5.41. The molecule has 3 rings (SSSR count). The molecule has 2 amide bonds. The van der Waals surface area contributed by atoms with Crippen molar-refractivity contribution in [1.82, 2.24) is 10.2 Å². The minimum atomic E-state index is -0.647. The first-order valence-corrected chi connectivity index (χ1v) is 12.6. The number of carbonyl (C=O) groups excluding carboxylic acids is 2. The minimum Gasteiger partial charge on any atom is -0.497 e. The molecule has 3 aromatic carbocycles. The van der Waals surface area contributed by atoms with Gasteiger partial charge < -0.3 is 15.0 Å². The van der Waals surface area contributed by atoms with Gasteiger partial charge in [0.2, 0.25) is 11.8 Å². The molecule has 0 saturated heterocycles. The van der Waals surface area contributed by atoms with Crippen LogP contribution in [0.5, 0.6) is 5.75 Å². The van der Waals surface area contributed by atoms with E-state index in [1.54, 1.807) is 12.0 Å². The van der Waals surface area contributed by atoms with E-state index in [-0.39, 0.29) is 24.3 Å². The molecule has 0 unspecified atom stereocenters. The maximum atomic E-state index is 13.9. The molecule has 3 aromatic rings. The normalized spacial score (nSPS) is 12.5. The third-order valence-electron chi connectivity index (χ3n) is 6.40. The number of aryl methyl sites for hydroxylation is 2. The summed E-state index contributed by atoms with van der Waals surface area (Å²) in [6.07, 6.45) is 1.48. The third kappa shape index (κ3) is 7.70. The molecule has 0 aromatic heterocycles. The van der Waals surface area contributed by atoms with Gasteiger partial charge in [0.25, 0.3) is 0 Å². The Bertz CT molecular complexity index is 1140. The molecule has 2 atom stereocenters. The van der Waals surface area contributed by atoms with Crippen molar-refractivity contribution in [2.75, 3.05) is 7.11 Å². The zero-order valence-electron chi connectivity index (χ0n) is 22.1. The number of nitrogens with zero attached hydrogens (tertiary/aromatic N) is 1. The molecule has 0 bridgehead atoms. The minimum absolute atomic E-state index is 0.0176. The van der Waals surface area contributed by atoms with Crippen molar-refractivity contribution < 1.29 is 14.3 Å². The fourth-order valence-electron chi connectivity index (χ4n) is 4.41. The van der Waals surface area contributed by atoms with Gasteiger partial charge in [-0.1, -0.05) is 78.7 Å². The Hall–Kier alpha value is -3.60. The zero-order chi connectivity index (χ0) is 26.1. The summed E-state index contributed by atoms with van der Waals surface area (Å²) in [7, 11) is 1.62. The highest BCUT2D eigenvalue weighted by atomic mass is 16.5. The van der Waals surface area contributed by atoms with Crippen molar-refractivity contribution in [3.8, 4) is 5.75 Å². The zero-order valence-corrected chi connectivity index (χ0v) is 22.1. The molecule has 5 nitrogen and oxygen atoms in total. The van der Waals surface area contributed by atoms with Crippen LogP contribution in [0.1, 0.15) is 48.1 Å². The maximum Gasteiger partial charge on any atom is 0.243 e. The van der Waals surface area contributed by atoms with Crippen molar-refractivity contribution >= 4 is 11.8 Å². The SMILES string of the molecule is CC[C@@H](C)NC(=O)[C@@H](Cc1ccccc1)N(Cc1cccc(OC)c1)C(=O)Cc1cc(C)cc(C)c1. The number of hydrogen-bond acceptors (Lipinski definition) is 3. The molecule has 0 spiro atoms. The van der Waals surface area contributed by atoms with E-state index in [9.17, 15) is 9.59 Å². The number of benzene rings is 3. The standard InChI is InChI=1S/C31H38N2O3/c1-6-24(4)32-31(35)29(19-25-11-8-7-9-12-25)33(21-26-13-10-14-28(18-26)36-5)30(34)20-27-16-22(2)15-23(3)17-27/h7-18,24,29H,6,19-21H2,1-5H3,(H,32,35)/t24-,29-/m1/s1. The first-order valence-electron chi connectivity index (χ1n) is 12.6. The summed E-state index contributed by atoms with van der Waals surface area (Å²) in [4.78, 5) is 29.2. The molecule has 0 aliphatic carbocycles. The van der Waals surface area contributed by atoms with E-state index in [1.165, 1.54) is 0 Å². The van der Waals surface area contributed by atoms with Crippen molar-refractivity contribution in [2.45, 2.75) is 65.6 Å². The van der Waals surface area contributed by atoms with Crippen LogP contribution in [-0.4, -0.2) is 35.9 Å². The van der Waals surface area contributed by atoms with Crippen LogP contribution in [0.3, 0.4) is 0 Å². The number of hydrogen-bond donors (Lipinski definition) is 1. The van der Waals surface area contributed by atoms with Gasteiger partial charge in [0.05, 0.1) is 13.5 Å². The quantitative estimate of drug-likeness (QED) is 0.394. The lowest BCUT2D eigenvalue weighted by Gasteiger charge is -2.32. The van der Waals surface area contributed by atoms with Crippen LogP contribution in [0, 0.1) is 13.8 Å². The van der Waals surface area contributed by atoms with Gasteiger partial charge in [-0.25, -0.2) is 0 Å². The van der Waals surface area contributed by atoms with Gasteiger partial charge in [0, 0.05) is 19.0 Å². The first-order chi connectivity index (χ1) is 17.3. The van der Waals surface area contributed by atoms with E-state index in [4.69, 9.17) is 4.74 Å². The lowest BCUT2D eigenvalue weighted by molar-refractivity contribution is -0.141. The topological polar surface area (TPSA) is 58.6 Å². The Morgan fingerprint density at radius 2 is 1.56 bits per heavy atom. The van der Waals surface area contributed by atoms with Crippen LogP contribution >= 0.6 is 0 Å². The molecule has 1 N–H and O–H groups in total. The number of amides is 2. The van der Waals surface area contributed by atoms with E-state index >= 15 is 0 Å². The fourth-order valence-corrected chi connectivity index (χ4v) is 4.41. The predicted octanol–water partition coefficient (Wildman–Crippen LogP) is 5.41. The lowest BCUT2D eigenvalue weighted by Crippen LogP contribution is -2.52. The Balaban J connectivity index is 2.00. The summed E-state index contributed by atoms with van der Waals surface area (Å²) in [6.45, 7) is 8.41. The smallest absolute Gasteiger partial charge is 0.243 e. The molecule has 0 saturated carbocycles. The van der Waals surface area contributed by atoms with E-state index in [2.05, 4.69) is 11.4 Å².